The van der Waals surface area contributed by atoms with Crippen molar-refractivity contribution < 1.29 is 4.79 Å². The van der Waals surface area contributed by atoms with E-state index in [0.717, 1.165) is 18.5 Å². The van der Waals surface area contributed by atoms with Crippen LogP contribution in [-0.2, 0) is 0 Å². The van der Waals surface area contributed by atoms with Gasteiger partial charge in [0.15, 0.2) is 0 Å². The summed E-state index contributed by atoms with van der Waals surface area (Å²) in [5.41, 5.74) is 7.91. The van der Waals surface area contributed by atoms with Gasteiger partial charge in [0, 0.05) is 12.2 Å². The lowest BCUT2D eigenvalue weighted by atomic mass is 10.1. The van der Waals surface area contributed by atoms with Gasteiger partial charge < -0.3 is 16.0 Å². The largest absolute Gasteiger partial charge is 0.398 e. The van der Waals surface area contributed by atoms with Crippen LogP contribution in [0.25, 0.3) is 0 Å². The molecule has 4 nitrogen and oxygen atoms in total. The normalized spacial score (nSPS) is 10.6. The number of aryl methyl sites for hydroxylation is 1. The molecule has 0 radical (unpaired) electrons. The number of nitrogens with zero attached hydrogens (tertiary/aromatic N) is 1. The first-order chi connectivity index (χ1) is 8.00. The summed E-state index contributed by atoms with van der Waals surface area (Å²) in [5, 5.41) is 2.88. The fourth-order valence-electron chi connectivity index (χ4n) is 1.56. The summed E-state index contributed by atoms with van der Waals surface area (Å²) in [6.45, 7) is 3.58. The van der Waals surface area contributed by atoms with Gasteiger partial charge in [-0.2, -0.15) is 0 Å². The topological polar surface area (TPSA) is 58.4 Å². The average Bonchev–Trinajstić information content (AvgIpc) is 2.27. The van der Waals surface area contributed by atoms with Crippen molar-refractivity contribution in [1.82, 2.24) is 10.2 Å². The molecule has 0 aliphatic rings. The van der Waals surface area contributed by atoms with E-state index in [1.165, 1.54) is 0 Å². The Hall–Kier alpha value is -1.55. The molecule has 1 aromatic rings. The standard InChI is InChI=1S/C13H21N3O/c1-10-5-6-12(14)11(9-10)13(17)15-7-4-8-16(2)3/h5-6,9H,4,7-8,14H2,1-3H3,(H,15,17). The number of rotatable bonds is 5. The lowest BCUT2D eigenvalue weighted by Crippen LogP contribution is -2.27. The van der Waals surface area contributed by atoms with E-state index >= 15 is 0 Å². The fourth-order valence-corrected chi connectivity index (χ4v) is 1.56. The summed E-state index contributed by atoms with van der Waals surface area (Å²) in [7, 11) is 4.03. The van der Waals surface area contributed by atoms with Crippen LogP contribution in [0.2, 0.25) is 0 Å². The quantitative estimate of drug-likeness (QED) is 0.596. The van der Waals surface area contributed by atoms with Crippen LogP contribution >= 0.6 is 0 Å². The molecule has 0 unspecified atom stereocenters. The highest BCUT2D eigenvalue weighted by Crippen LogP contribution is 2.13. The molecule has 3 N–H and O–H groups in total. The first-order valence-electron chi connectivity index (χ1n) is 5.80. The van der Waals surface area contributed by atoms with Crippen molar-refractivity contribution in [3.05, 3.63) is 29.3 Å². The van der Waals surface area contributed by atoms with Crippen molar-refractivity contribution in [3.8, 4) is 0 Å². The number of hydrogen-bond donors (Lipinski definition) is 2. The molecule has 0 spiro atoms. The maximum absolute atomic E-state index is 11.9. The van der Waals surface area contributed by atoms with Gasteiger partial charge in [0.25, 0.3) is 5.91 Å². The predicted octanol–water partition coefficient (Wildman–Crippen LogP) is 1.26. The minimum absolute atomic E-state index is 0.0926. The molecule has 0 aliphatic heterocycles. The third kappa shape index (κ3) is 4.44. The van der Waals surface area contributed by atoms with E-state index in [-0.39, 0.29) is 5.91 Å². The first-order valence-corrected chi connectivity index (χ1v) is 5.80. The Balaban J connectivity index is 2.49. The Morgan fingerprint density at radius 3 is 2.76 bits per heavy atom. The zero-order valence-corrected chi connectivity index (χ0v) is 10.8. The molecule has 0 aliphatic carbocycles. The van der Waals surface area contributed by atoms with Crippen LogP contribution in [0.15, 0.2) is 18.2 Å². The summed E-state index contributed by atoms with van der Waals surface area (Å²) in [6.07, 6.45) is 0.935. The van der Waals surface area contributed by atoms with Crippen molar-refractivity contribution >= 4 is 11.6 Å². The van der Waals surface area contributed by atoms with Crippen molar-refractivity contribution in [2.45, 2.75) is 13.3 Å². The van der Waals surface area contributed by atoms with Crippen LogP contribution in [0.4, 0.5) is 5.69 Å². The van der Waals surface area contributed by atoms with Gasteiger partial charge in [-0.3, -0.25) is 4.79 Å². The van der Waals surface area contributed by atoms with Gasteiger partial charge in [-0.15, -0.1) is 0 Å². The van der Waals surface area contributed by atoms with Crippen LogP contribution in [0.3, 0.4) is 0 Å². The molecule has 1 aromatic carbocycles. The number of hydrogen-bond acceptors (Lipinski definition) is 3. The van der Waals surface area contributed by atoms with E-state index in [1.54, 1.807) is 6.07 Å². The molecule has 0 fully saturated rings. The summed E-state index contributed by atoms with van der Waals surface area (Å²) in [4.78, 5) is 13.9. The van der Waals surface area contributed by atoms with E-state index in [2.05, 4.69) is 10.2 Å². The number of amides is 1. The maximum Gasteiger partial charge on any atom is 0.253 e. The van der Waals surface area contributed by atoms with E-state index < -0.39 is 0 Å². The van der Waals surface area contributed by atoms with Crippen molar-refractivity contribution in [3.63, 3.8) is 0 Å². The van der Waals surface area contributed by atoms with Crippen LogP contribution in [0.5, 0.6) is 0 Å². The van der Waals surface area contributed by atoms with E-state index in [0.29, 0.717) is 17.8 Å². The highest BCUT2D eigenvalue weighted by atomic mass is 16.1. The van der Waals surface area contributed by atoms with E-state index in [4.69, 9.17) is 5.73 Å². The second kappa shape index (κ2) is 6.25. The van der Waals surface area contributed by atoms with Crippen LogP contribution in [0, 0.1) is 6.92 Å². The molecule has 17 heavy (non-hydrogen) atoms. The van der Waals surface area contributed by atoms with Gasteiger partial charge in [-0.1, -0.05) is 11.6 Å². The Kier molecular flexibility index (Phi) is 4.97. The second-order valence-electron chi connectivity index (χ2n) is 4.50. The lowest BCUT2D eigenvalue weighted by Gasteiger charge is -2.11. The summed E-state index contributed by atoms with van der Waals surface area (Å²) >= 11 is 0. The van der Waals surface area contributed by atoms with Gasteiger partial charge in [0.1, 0.15) is 0 Å². The van der Waals surface area contributed by atoms with Crippen LogP contribution < -0.4 is 11.1 Å². The molecular weight excluding hydrogens is 214 g/mol. The summed E-state index contributed by atoms with van der Waals surface area (Å²) < 4.78 is 0. The Morgan fingerprint density at radius 1 is 1.41 bits per heavy atom. The Morgan fingerprint density at radius 2 is 2.12 bits per heavy atom. The number of carbonyl (C=O) groups is 1. The van der Waals surface area contributed by atoms with Gasteiger partial charge in [0.05, 0.1) is 5.56 Å². The van der Waals surface area contributed by atoms with Gasteiger partial charge >= 0.3 is 0 Å². The van der Waals surface area contributed by atoms with Gasteiger partial charge in [-0.25, -0.2) is 0 Å². The molecule has 94 valence electrons. The number of nitrogen functional groups attached to an aromatic ring is 1. The molecule has 0 bridgehead atoms. The number of nitrogens with one attached hydrogen (secondary N) is 1. The van der Waals surface area contributed by atoms with Crippen molar-refractivity contribution in [2.24, 2.45) is 0 Å². The third-order valence-electron chi connectivity index (χ3n) is 2.52. The van der Waals surface area contributed by atoms with Gasteiger partial charge in [0.2, 0.25) is 0 Å². The van der Waals surface area contributed by atoms with E-state index in [1.807, 2.05) is 33.2 Å². The number of carbonyl (C=O) groups excluding carboxylic acids is 1. The fraction of sp³-hybridized carbons (Fsp3) is 0.462. The molecule has 0 atom stereocenters. The molecule has 1 rings (SSSR count). The molecule has 0 saturated heterocycles. The minimum Gasteiger partial charge on any atom is -0.398 e. The number of benzene rings is 1. The lowest BCUT2D eigenvalue weighted by molar-refractivity contribution is 0.0953. The minimum atomic E-state index is -0.0926. The maximum atomic E-state index is 11.9. The molecule has 0 aromatic heterocycles. The Bertz CT molecular complexity index is 388. The summed E-state index contributed by atoms with van der Waals surface area (Å²) in [5.74, 6) is -0.0926. The number of nitrogens with two attached hydrogens (primary N) is 1. The zero-order chi connectivity index (χ0) is 12.8. The third-order valence-corrected chi connectivity index (χ3v) is 2.52. The summed E-state index contributed by atoms with van der Waals surface area (Å²) in [6, 6.07) is 5.48. The first kappa shape index (κ1) is 13.5. The zero-order valence-electron chi connectivity index (χ0n) is 10.8. The molecular formula is C13H21N3O. The molecule has 0 saturated carbocycles. The molecule has 1 amide bonds. The highest BCUT2D eigenvalue weighted by molar-refractivity contribution is 5.99. The SMILES string of the molecule is Cc1ccc(N)c(C(=O)NCCCN(C)C)c1. The van der Waals surface area contributed by atoms with Crippen LogP contribution in [-0.4, -0.2) is 38.0 Å². The molecule has 4 heteroatoms. The number of anilines is 1. The molecule has 0 heterocycles. The van der Waals surface area contributed by atoms with Gasteiger partial charge in [-0.05, 0) is 46.1 Å². The smallest absolute Gasteiger partial charge is 0.253 e. The second-order valence-corrected chi connectivity index (χ2v) is 4.50. The van der Waals surface area contributed by atoms with E-state index in [9.17, 15) is 4.79 Å². The Labute approximate surface area is 103 Å². The average molecular weight is 235 g/mol. The van der Waals surface area contributed by atoms with Crippen molar-refractivity contribution in [2.75, 3.05) is 32.9 Å². The monoisotopic (exact) mass is 235 g/mol. The highest BCUT2D eigenvalue weighted by Gasteiger charge is 2.08. The van der Waals surface area contributed by atoms with Crippen molar-refractivity contribution in [1.29, 1.82) is 0 Å². The predicted molar refractivity (Wildman–Crippen MR) is 71.1 cm³/mol. The van der Waals surface area contributed by atoms with Crippen LogP contribution in [0.1, 0.15) is 22.3 Å².